The third kappa shape index (κ3) is 4.82. The van der Waals surface area contributed by atoms with Gasteiger partial charge in [-0.1, -0.05) is 42.0 Å². The van der Waals surface area contributed by atoms with Gasteiger partial charge in [0.15, 0.2) is 0 Å². The Kier molecular flexibility index (Phi) is 5.66. The smallest absolute Gasteiger partial charge is 0.253 e. The molecule has 0 aliphatic rings. The number of aromatic nitrogens is 2. The van der Waals surface area contributed by atoms with Crippen LogP contribution in [0.25, 0.3) is 5.69 Å². The Balaban J connectivity index is 1.74. The molecule has 1 heterocycles. The van der Waals surface area contributed by atoms with Crippen molar-refractivity contribution in [3.05, 3.63) is 83.2 Å². The summed E-state index contributed by atoms with van der Waals surface area (Å²) in [4.78, 5) is 23.7. The molecule has 0 saturated carbocycles. The first kappa shape index (κ1) is 18.4. The molecule has 1 aromatic heterocycles. The fraction of sp³-hybridized carbons (Fsp3) is 0.190. The zero-order valence-electron chi connectivity index (χ0n) is 15.4. The number of aryl methyl sites for hydroxylation is 1. The van der Waals surface area contributed by atoms with Gasteiger partial charge in [0, 0.05) is 31.8 Å². The summed E-state index contributed by atoms with van der Waals surface area (Å²) in [6.07, 6.45) is 3.49. The minimum Gasteiger partial charge on any atom is -0.352 e. The lowest BCUT2D eigenvalue weighted by atomic mass is 10.1. The molecular weight excluding hydrogens is 340 g/mol. The van der Waals surface area contributed by atoms with Gasteiger partial charge in [-0.3, -0.25) is 9.59 Å². The van der Waals surface area contributed by atoms with Crippen molar-refractivity contribution in [2.45, 2.75) is 26.9 Å². The van der Waals surface area contributed by atoms with Gasteiger partial charge in [0.25, 0.3) is 5.91 Å². The van der Waals surface area contributed by atoms with Crippen molar-refractivity contribution in [3.63, 3.8) is 0 Å². The van der Waals surface area contributed by atoms with Gasteiger partial charge in [-0.05, 0) is 24.6 Å². The van der Waals surface area contributed by atoms with Gasteiger partial charge in [0.2, 0.25) is 5.91 Å². The second-order valence-electron chi connectivity index (χ2n) is 6.39. The molecule has 0 spiro atoms. The lowest BCUT2D eigenvalue weighted by molar-refractivity contribution is -0.119. The quantitative estimate of drug-likeness (QED) is 0.708. The van der Waals surface area contributed by atoms with Crippen LogP contribution >= 0.6 is 0 Å². The van der Waals surface area contributed by atoms with E-state index in [0.29, 0.717) is 24.3 Å². The average molecular weight is 362 g/mol. The van der Waals surface area contributed by atoms with Crippen molar-refractivity contribution in [3.8, 4) is 5.69 Å². The summed E-state index contributed by atoms with van der Waals surface area (Å²) in [5.41, 5.74) is 4.32. The standard InChI is InChI=1S/C21H22N4O2/c1-15-7-9-17(10-8-15)11-23-21(27)19-5-3-4-6-20(19)25-14-18(13-24-25)12-22-16(2)26/h3-10,13-14H,11-12H2,1-2H3,(H,22,26)(H,23,27). The zero-order valence-corrected chi connectivity index (χ0v) is 15.4. The number of carbonyl (C=O) groups excluding carboxylic acids is 2. The van der Waals surface area contributed by atoms with Crippen LogP contribution in [0.3, 0.4) is 0 Å². The van der Waals surface area contributed by atoms with Crippen LogP contribution in [0.2, 0.25) is 0 Å². The van der Waals surface area contributed by atoms with E-state index in [0.717, 1.165) is 11.1 Å². The SMILES string of the molecule is CC(=O)NCc1cnn(-c2ccccc2C(=O)NCc2ccc(C)cc2)c1. The van der Waals surface area contributed by atoms with Gasteiger partial charge in [-0.15, -0.1) is 0 Å². The predicted octanol–water partition coefficient (Wildman–Crippen LogP) is 2.75. The first-order valence-electron chi connectivity index (χ1n) is 8.74. The number of para-hydroxylation sites is 1. The molecule has 0 saturated heterocycles. The number of hydrogen-bond acceptors (Lipinski definition) is 3. The molecular formula is C21H22N4O2. The Bertz CT molecular complexity index is 945. The van der Waals surface area contributed by atoms with E-state index in [1.807, 2.05) is 55.6 Å². The van der Waals surface area contributed by atoms with E-state index in [1.54, 1.807) is 16.9 Å². The summed E-state index contributed by atoms with van der Waals surface area (Å²) in [6, 6.07) is 15.4. The van der Waals surface area contributed by atoms with Crippen molar-refractivity contribution in [2.24, 2.45) is 0 Å². The minimum atomic E-state index is -0.162. The Morgan fingerprint density at radius 2 is 1.67 bits per heavy atom. The van der Waals surface area contributed by atoms with Crippen molar-refractivity contribution >= 4 is 11.8 Å². The summed E-state index contributed by atoms with van der Waals surface area (Å²) in [5.74, 6) is -0.260. The highest BCUT2D eigenvalue weighted by molar-refractivity contribution is 5.97. The van der Waals surface area contributed by atoms with Crippen molar-refractivity contribution in [1.29, 1.82) is 0 Å². The fourth-order valence-electron chi connectivity index (χ4n) is 2.66. The van der Waals surface area contributed by atoms with Crippen LogP contribution in [0.4, 0.5) is 0 Å². The van der Waals surface area contributed by atoms with E-state index in [-0.39, 0.29) is 11.8 Å². The van der Waals surface area contributed by atoms with Crippen LogP contribution in [0.15, 0.2) is 60.9 Å². The summed E-state index contributed by atoms with van der Waals surface area (Å²) >= 11 is 0. The molecule has 0 aliphatic carbocycles. The highest BCUT2D eigenvalue weighted by Gasteiger charge is 2.13. The summed E-state index contributed by atoms with van der Waals surface area (Å²) < 4.78 is 1.65. The maximum absolute atomic E-state index is 12.7. The predicted molar refractivity (Wildman–Crippen MR) is 103 cm³/mol. The van der Waals surface area contributed by atoms with Gasteiger partial charge >= 0.3 is 0 Å². The number of nitrogens with zero attached hydrogens (tertiary/aromatic N) is 2. The number of nitrogens with one attached hydrogen (secondary N) is 2. The van der Waals surface area contributed by atoms with Crippen LogP contribution in [0.5, 0.6) is 0 Å². The molecule has 2 amide bonds. The second-order valence-corrected chi connectivity index (χ2v) is 6.39. The van der Waals surface area contributed by atoms with Crippen LogP contribution in [-0.2, 0) is 17.9 Å². The first-order valence-corrected chi connectivity index (χ1v) is 8.74. The Hall–Kier alpha value is -3.41. The Labute approximate surface area is 158 Å². The molecule has 3 aromatic rings. The van der Waals surface area contributed by atoms with E-state index in [4.69, 9.17) is 0 Å². The van der Waals surface area contributed by atoms with E-state index in [2.05, 4.69) is 15.7 Å². The summed E-state index contributed by atoms with van der Waals surface area (Å²) in [7, 11) is 0. The van der Waals surface area contributed by atoms with Crippen LogP contribution < -0.4 is 10.6 Å². The number of carbonyl (C=O) groups is 2. The van der Waals surface area contributed by atoms with Crippen LogP contribution in [-0.4, -0.2) is 21.6 Å². The molecule has 0 unspecified atom stereocenters. The molecule has 0 aliphatic heterocycles. The maximum atomic E-state index is 12.7. The van der Waals surface area contributed by atoms with Crippen molar-refractivity contribution in [2.75, 3.05) is 0 Å². The van der Waals surface area contributed by atoms with E-state index >= 15 is 0 Å². The Morgan fingerprint density at radius 3 is 2.41 bits per heavy atom. The minimum absolute atomic E-state index is 0.0985. The first-order chi connectivity index (χ1) is 13.0. The molecule has 0 bridgehead atoms. The number of hydrogen-bond donors (Lipinski definition) is 2. The van der Waals surface area contributed by atoms with Crippen molar-refractivity contribution in [1.82, 2.24) is 20.4 Å². The topological polar surface area (TPSA) is 76.0 Å². The zero-order chi connectivity index (χ0) is 19.2. The molecule has 27 heavy (non-hydrogen) atoms. The van der Waals surface area contributed by atoms with Crippen LogP contribution in [0.1, 0.15) is 34.0 Å². The molecule has 6 heteroatoms. The van der Waals surface area contributed by atoms with Gasteiger partial charge < -0.3 is 10.6 Å². The summed E-state index contributed by atoms with van der Waals surface area (Å²) in [5, 5.41) is 10.0. The molecule has 138 valence electrons. The molecule has 0 atom stereocenters. The third-order valence-electron chi connectivity index (χ3n) is 4.15. The summed E-state index contributed by atoms with van der Waals surface area (Å²) in [6.45, 7) is 4.36. The Morgan fingerprint density at radius 1 is 0.963 bits per heavy atom. The van der Waals surface area contributed by atoms with Gasteiger partial charge in [0.1, 0.15) is 0 Å². The van der Waals surface area contributed by atoms with Crippen LogP contribution in [0, 0.1) is 6.92 Å². The lowest BCUT2D eigenvalue weighted by Crippen LogP contribution is -2.24. The molecule has 6 nitrogen and oxygen atoms in total. The number of amides is 2. The molecule has 2 N–H and O–H groups in total. The van der Waals surface area contributed by atoms with Gasteiger partial charge in [-0.25, -0.2) is 4.68 Å². The monoisotopic (exact) mass is 362 g/mol. The molecule has 0 fully saturated rings. The van der Waals surface area contributed by atoms with Gasteiger partial charge in [-0.2, -0.15) is 5.10 Å². The number of rotatable bonds is 6. The maximum Gasteiger partial charge on any atom is 0.253 e. The van der Waals surface area contributed by atoms with Crippen molar-refractivity contribution < 1.29 is 9.59 Å². The fourth-order valence-corrected chi connectivity index (χ4v) is 2.66. The highest BCUT2D eigenvalue weighted by Crippen LogP contribution is 2.15. The average Bonchev–Trinajstić information content (AvgIpc) is 3.14. The lowest BCUT2D eigenvalue weighted by Gasteiger charge is -2.10. The third-order valence-corrected chi connectivity index (χ3v) is 4.15. The largest absolute Gasteiger partial charge is 0.352 e. The van der Waals surface area contributed by atoms with E-state index in [9.17, 15) is 9.59 Å². The highest BCUT2D eigenvalue weighted by atomic mass is 16.2. The van der Waals surface area contributed by atoms with Gasteiger partial charge in [0.05, 0.1) is 17.4 Å². The molecule has 0 radical (unpaired) electrons. The molecule has 3 rings (SSSR count). The molecule has 2 aromatic carbocycles. The van der Waals surface area contributed by atoms with E-state index in [1.165, 1.54) is 12.5 Å². The van der Waals surface area contributed by atoms with E-state index < -0.39 is 0 Å². The normalized spacial score (nSPS) is 10.4. The number of benzene rings is 2. The second kappa shape index (κ2) is 8.31.